The van der Waals surface area contributed by atoms with E-state index in [1.54, 1.807) is 0 Å². The first kappa shape index (κ1) is 19.5. The summed E-state index contributed by atoms with van der Waals surface area (Å²) in [7, 11) is 0. The summed E-state index contributed by atoms with van der Waals surface area (Å²) in [6, 6.07) is 41.5. The van der Waals surface area contributed by atoms with E-state index in [-0.39, 0.29) is 11.8 Å². The molecule has 0 radical (unpaired) electrons. The van der Waals surface area contributed by atoms with Crippen molar-refractivity contribution in [1.82, 2.24) is 0 Å². The zero-order valence-corrected chi connectivity index (χ0v) is 17.6. The van der Waals surface area contributed by atoms with Gasteiger partial charge in [0.25, 0.3) is 0 Å². The van der Waals surface area contributed by atoms with E-state index in [1.165, 1.54) is 11.1 Å². The molecule has 0 spiro atoms. The van der Waals surface area contributed by atoms with Crippen LogP contribution in [0.1, 0.15) is 35.1 Å². The molecule has 4 aromatic carbocycles. The van der Waals surface area contributed by atoms with Gasteiger partial charge in [-0.25, -0.2) is 0 Å². The Morgan fingerprint density at radius 1 is 0.581 bits per heavy atom. The Bertz CT molecular complexity index is 1180. The monoisotopic (exact) mass is 402 g/mol. The second kappa shape index (κ2) is 8.02. The van der Waals surface area contributed by atoms with Crippen LogP contribution in [0.25, 0.3) is 11.1 Å². The fraction of sp³-hybridized carbons (Fsp3) is 0.133. The normalized spacial score (nSPS) is 23.2. The van der Waals surface area contributed by atoms with Crippen LogP contribution in [0.2, 0.25) is 0 Å². The number of allylic oxidation sites excluding steroid dienone is 1. The van der Waals surface area contributed by atoms with E-state index >= 15 is 0 Å². The standard InChI is InChI=1S/C30H26O/c1-22-27(23-14-6-2-7-15-23)29(25-18-10-4-11-19-25)30(31,26-20-12-5-13-21-26)28(22)24-16-8-3-9-17-24/h2-22,28,31H,1H3. The minimum atomic E-state index is -1.14. The molecular formula is C30H26O. The summed E-state index contributed by atoms with van der Waals surface area (Å²) in [5, 5.41) is 12.7. The molecule has 4 aromatic rings. The maximum atomic E-state index is 12.7. The highest BCUT2D eigenvalue weighted by atomic mass is 16.3. The zero-order chi connectivity index (χ0) is 21.3. The summed E-state index contributed by atoms with van der Waals surface area (Å²) < 4.78 is 0. The molecular weight excluding hydrogens is 376 g/mol. The van der Waals surface area contributed by atoms with Crippen molar-refractivity contribution >= 4 is 11.1 Å². The van der Waals surface area contributed by atoms with Crippen LogP contribution < -0.4 is 0 Å². The highest BCUT2D eigenvalue weighted by Crippen LogP contribution is 2.61. The van der Waals surface area contributed by atoms with E-state index in [9.17, 15) is 5.11 Å². The molecule has 0 bridgehead atoms. The third-order valence-corrected chi connectivity index (χ3v) is 6.58. The quantitative estimate of drug-likeness (QED) is 0.393. The molecule has 0 fully saturated rings. The number of benzene rings is 4. The van der Waals surface area contributed by atoms with Gasteiger partial charge in [-0.3, -0.25) is 0 Å². The van der Waals surface area contributed by atoms with Crippen LogP contribution in [-0.2, 0) is 5.60 Å². The van der Waals surface area contributed by atoms with Crippen molar-refractivity contribution in [2.24, 2.45) is 5.92 Å². The van der Waals surface area contributed by atoms with Crippen LogP contribution in [0.15, 0.2) is 121 Å². The third kappa shape index (κ3) is 3.22. The van der Waals surface area contributed by atoms with E-state index in [0.29, 0.717) is 0 Å². The van der Waals surface area contributed by atoms with Crippen molar-refractivity contribution < 1.29 is 5.11 Å². The molecule has 1 aliphatic carbocycles. The average Bonchev–Trinajstić information content (AvgIpc) is 3.09. The lowest BCUT2D eigenvalue weighted by Crippen LogP contribution is -2.33. The summed E-state index contributed by atoms with van der Waals surface area (Å²) >= 11 is 0. The molecule has 1 nitrogen and oxygen atoms in total. The molecule has 152 valence electrons. The molecule has 5 rings (SSSR count). The lowest BCUT2D eigenvalue weighted by Gasteiger charge is -2.36. The van der Waals surface area contributed by atoms with Crippen LogP contribution in [0, 0.1) is 5.92 Å². The smallest absolute Gasteiger partial charge is 0.123 e. The largest absolute Gasteiger partial charge is 0.380 e. The van der Waals surface area contributed by atoms with Crippen molar-refractivity contribution in [1.29, 1.82) is 0 Å². The van der Waals surface area contributed by atoms with Crippen molar-refractivity contribution in [3.63, 3.8) is 0 Å². The molecule has 1 aliphatic rings. The molecule has 0 aromatic heterocycles. The summed E-state index contributed by atoms with van der Waals surface area (Å²) in [6.07, 6.45) is 0. The molecule has 1 heteroatoms. The second-order valence-electron chi connectivity index (χ2n) is 8.33. The molecule has 3 unspecified atom stereocenters. The Morgan fingerprint density at radius 2 is 1.03 bits per heavy atom. The SMILES string of the molecule is CC1C(c2ccccc2)=C(c2ccccc2)C(O)(c2ccccc2)C1c1ccccc1. The van der Waals surface area contributed by atoms with E-state index in [1.807, 2.05) is 36.4 Å². The highest BCUT2D eigenvalue weighted by Gasteiger charge is 2.53. The van der Waals surface area contributed by atoms with Crippen LogP contribution in [0.4, 0.5) is 0 Å². The summed E-state index contributed by atoms with van der Waals surface area (Å²) in [4.78, 5) is 0. The lowest BCUT2D eigenvalue weighted by atomic mass is 9.72. The van der Waals surface area contributed by atoms with Crippen LogP contribution >= 0.6 is 0 Å². The predicted octanol–water partition coefficient (Wildman–Crippen LogP) is 6.92. The molecule has 0 saturated heterocycles. The first-order valence-corrected chi connectivity index (χ1v) is 10.9. The minimum absolute atomic E-state index is 0.0958. The average molecular weight is 403 g/mol. The molecule has 0 aliphatic heterocycles. The Morgan fingerprint density at radius 3 is 1.58 bits per heavy atom. The molecule has 3 atom stereocenters. The van der Waals surface area contributed by atoms with Gasteiger partial charge in [-0.2, -0.15) is 0 Å². The third-order valence-electron chi connectivity index (χ3n) is 6.58. The Kier molecular flexibility index (Phi) is 5.05. The van der Waals surface area contributed by atoms with Gasteiger partial charge in [0.15, 0.2) is 0 Å². The van der Waals surface area contributed by atoms with Crippen LogP contribution in [-0.4, -0.2) is 5.11 Å². The van der Waals surface area contributed by atoms with Crippen molar-refractivity contribution in [3.05, 3.63) is 144 Å². The Balaban J connectivity index is 1.86. The maximum absolute atomic E-state index is 12.7. The predicted molar refractivity (Wildman–Crippen MR) is 128 cm³/mol. The van der Waals surface area contributed by atoms with Gasteiger partial charge in [0, 0.05) is 5.92 Å². The first-order chi connectivity index (χ1) is 15.2. The zero-order valence-electron chi connectivity index (χ0n) is 17.6. The molecule has 0 saturated carbocycles. The van der Waals surface area contributed by atoms with Gasteiger partial charge in [0.05, 0.1) is 0 Å². The molecule has 1 N–H and O–H groups in total. The number of aliphatic hydroxyl groups is 1. The second-order valence-corrected chi connectivity index (χ2v) is 8.33. The van der Waals surface area contributed by atoms with Crippen molar-refractivity contribution in [3.8, 4) is 0 Å². The van der Waals surface area contributed by atoms with Gasteiger partial charge < -0.3 is 5.11 Å². The van der Waals surface area contributed by atoms with E-state index in [4.69, 9.17) is 0 Å². The first-order valence-electron chi connectivity index (χ1n) is 10.9. The summed E-state index contributed by atoms with van der Waals surface area (Å²) in [5.74, 6) is 0.0340. The number of rotatable bonds is 4. The van der Waals surface area contributed by atoms with E-state index in [2.05, 4.69) is 91.9 Å². The number of hydrogen-bond donors (Lipinski definition) is 1. The molecule has 0 amide bonds. The maximum Gasteiger partial charge on any atom is 0.123 e. The van der Waals surface area contributed by atoms with Crippen LogP contribution in [0.5, 0.6) is 0 Å². The van der Waals surface area contributed by atoms with Crippen molar-refractivity contribution in [2.45, 2.75) is 18.4 Å². The van der Waals surface area contributed by atoms with E-state index < -0.39 is 5.60 Å². The fourth-order valence-corrected chi connectivity index (χ4v) is 5.33. The summed E-state index contributed by atoms with van der Waals surface area (Å²) in [5.41, 5.74) is 5.40. The fourth-order valence-electron chi connectivity index (χ4n) is 5.33. The molecule has 0 heterocycles. The van der Waals surface area contributed by atoms with Crippen LogP contribution in [0.3, 0.4) is 0 Å². The Labute approximate surface area is 184 Å². The van der Waals surface area contributed by atoms with Gasteiger partial charge in [0.2, 0.25) is 0 Å². The molecule has 31 heavy (non-hydrogen) atoms. The lowest BCUT2D eigenvalue weighted by molar-refractivity contribution is 0.0667. The van der Waals surface area contributed by atoms with Crippen molar-refractivity contribution in [2.75, 3.05) is 0 Å². The van der Waals surface area contributed by atoms with Gasteiger partial charge in [-0.15, -0.1) is 0 Å². The van der Waals surface area contributed by atoms with Gasteiger partial charge in [0.1, 0.15) is 5.60 Å². The van der Waals surface area contributed by atoms with Gasteiger partial charge >= 0.3 is 0 Å². The topological polar surface area (TPSA) is 20.2 Å². The Hall–Kier alpha value is -3.42. The van der Waals surface area contributed by atoms with Gasteiger partial charge in [-0.05, 0) is 39.3 Å². The van der Waals surface area contributed by atoms with Gasteiger partial charge in [-0.1, -0.05) is 128 Å². The minimum Gasteiger partial charge on any atom is -0.380 e. The highest BCUT2D eigenvalue weighted by molar-refractivity contribution is 5.99. The summed E-state index contributed by atoms with van der Waals surface area (Å²) in [6.45, 7) is 2.25. The van der Waals surface area contributed by atoms with E-state index in [0.717, 1.165) is 22.3 Å². The number of hydrogen-bond acceptors (Lipinski definition) is 1.